The van der Waals surface area contributed by atoms with Crippen LogP contribution in [0.1, 0.15) is 28.2 Å². The highest BCUT2D eigenvalue weighted by Crippen LogP contribution is 2.23. The fraction of sp³-hybridized carbons (Fsp3) is 0.500. The SMILES string of the molecule is Cc1nn(-c2ccc(F)cc2)c(C)c1C(=O)N1CCN(C2CCS(=O)(=O)C2)CC1. The van der Waals surface area contributed by atoms with Crippen LogP contribution >= 0.6 is 0 Å². The standard InChI is InChI=1S/C20H25FN4O3S/c1-14-19(15(2)25(22-14)17-5-3-16(21)4-6-17)20(26)24-10-8-23(9-11-24)18-7-12-29(27,28)13-18/h3-6,18H,7-13H2,1-2H3. The molecule has 0 aliphatic carbocycles. The maximum atomic E-state index is 13.2. The van der Waals surface area contributed by atoms with Gasteiger partial charge < -0.3 is 4.90 Å². The highest BCUT2D eigenvalue weighted by molar-refractivity contribution is 7.91. The number of rotatable bonds is 3. The number of aryl methyl sites for hydroxylation is 1. The number of benzene rings is 1. The number of carbonyl (C=O) groups excluding carboxylic acids is 1. The van der Waals surface area contributed by atoms with Crippen LogP contribution in [-0.4, -0.2) is 77.6 Å². The van der Waals surface area contributed by atoms with E-state index in [1.807, 2.05) is 11.8 Å². The van der Waals surface area contributed by atoms with Crippen molar-refractivity contribution >= 4 is 15.7 Å². The molecule has 156 valence electrons. The van der Waals surface area contributed by atoms with E-state index in [0.717, 1.165) is 5.69 Å². The molecular formula is C20H25FN4O3S. The molecule has 2 saturated heterocycles. The van der Waals surface area contributed by atoms with E-state index >= 15 is 0 Å². The number of hydrogen-bond donors (Lipinski definition) is 0. The summed E-state index contributed by atoms with van der Waals surface area (Å²) in [6.07, 6.45) is 0.680. The fourth-order valence-corrected chi connectivity index (χ4v) is 6.06. The van der Waals surface area contributed by atoms with Crippen molar-refractivity contribution in [3.05, 3.63) is 47.0 Å². The van der Waals surface area contributed by atoms with Gasteiger partial charge in [0.05, 0.1) is 34.1 Å². The largest absolute Gasteiger partial charge is 0.336 e. The molecule has 1 aromatic heterocycles. The second kappa shape index (κ2) is 7.53. The van der Waals surface area contributed by atoms with Crippen molar-refractivity contribution in [3.63, 3.8) is 0 Å². The van der Waals surface area contributed by atoms with E-state index in [-0.39, 0.29) is 29.3 Å². The zero-order chi connectivity index (χ0) is 20.8. The molecule has 2 aliphatic heterocycles. The quantitative estimate of drug-likeness (QED) is 0.754. The molecule has 7 nitrogen and oxygen atoms in total. The van der Waals surface area contributed by atoms with Crippen LogP contribution in [0.4, 0.5) is 4.39 Å². The second-order valence-corrected chi connectivity index (χ2v) is 10.0. The van der Waals surface area contributed by atoms with Gasteiger partial charge in [0.15, 0.2) is 9.84 Å². The van der Waals surface area contributed by atoms with Gasteiger partial charge in [0.2, 0.25) is 0 Å². The van der Waals surface area contributed by atoms with E-state index in [0.29, 0.717) is 49.5 Å². The van der Waals surface area contributed by atoms with Crippen LogP contribution in [0.5, 0.6) is 0 Å². The van der Waals surface area contributed by atoms with Crippen LogP contribution in [-0.2, 0) is 9.84 Å². The van der Waals surface area contributed by atoms with Crippen LogP contribution in [0, 0.1) is 19.7 Å². The Kier molecular flexibility index (Phi) is 5.20. The Morgan fingerprint density at radius 1 is 1.10 bits per heavy atom. The van der Waals surface area contributed by atoms with Crippen molar-refractivity contribution in [1.82, 2.24) is 19.6 Å². The molecule has 4 rings (SSSR count). The number of carbonyl (C=O) groups is 1. The molecule has 2 aromatic rings. The Balaban J connectivity index is 1.47. The normalized spacial score (nSPS) is 22.2. The first-order valence-electron chi connectivity index (χ1n) is 9.81. The Bertz CT molecular complexity index is 1020. The number of hydrogen-bond acceptors (Lipinski definition) is 5. The number of halogens is 1. The number of sulfone groups is 1. The molecule has 3 heterocycles. The summed E-state index contributed by atoms with van der Waals surface area (Å²) in [6, 6.07) is 6.09. The molecular weight excluding hydrogens is 395 g/mol. The third-order valence-electron chi connectivity index (χ3n) is 5.90. The maximum absolute atomic E-state index is 13.2. The average Bonchev–Trinajstić information content (AvgIpc) is 3.20. The van der Waals surface area contributed by atoms with Gasteiger partial charge in [-0.2, -0.15) is 5.10 Å². The fourth-order valence-electron chi connectivity index (χ4n) is 4.30. The van der Waals surface area contributed by atoms with Gasteiger partial charge in [-0.3, -0.25) is 9.69 Å². The van der Waals surface area contributed by atoms with E-state index in [9.17, 15) is 17.6 Å². The zero-order valence-corrected chi connectivity index (χ0v) is 17.5. The predicted octanol–water partition coefficient (Wildman–Crippen LogP) is 1.57. The van der Waals surface area contributed by atoms with E-state index in [2.05, 4.69) is 10.00 Å². The minimum absolute atomic E-state index is 0.0629. The van der Waals surface area contributed by atoms with Gasteiger partial charge in [-0.15, -0.1) is 0 Å². The number of nitrogens with zero attached hydrogens (tertiary/aromatic N) is 4. The van der Waals surface area contributed by atoms with Crippen molar-refractivity contribution in [1.29, 1.82) is 0 Å². The van der Waals surface area contributed by atoms with Gasteiger partial charge in [-0.05, 0) is 44.5 Å². The van der Waals surface area contributed by atoms with Crippen molar-refractivity contribution in [3.8, 4) is 5.69 Å². The minimum Gasteiger partial charge on any atom is -0.336 e. The summed E-state index contributed by atoms with van der Waals surface area (Å²) in [6.45, 7) is 6.13. The first-order valence-corrected chi connectivity index (χ1v) is 11.6. The Labute approximate surface area is 170 Å². The summed E-state index contributed by atoms with van der Waals surface area (Å²) < 4.78 is 38.4. The minimum atomic E-state index is -2.91. The van der Waals surface area contributed by atoms with Crippen LogP contribution in [0.3, 0.4) is 0 Å². The number of aromatic nitrogens is 2. The lowest BCUT2D eigenvalue weighted by molar-refractivity contribution is 0.0586. The Hall–Kier alpha value is -2.26. The van der Waals surface area contributed by atoms with Crippen molar-refractivity contribution in [2.24, 2.45) is 0 Å². The lowest BCUT2D eigenvalue weighted by Crippen LogP contribution is -2.52. The van der Waals surface area contributed by atoms with Gasteiger partial charge in [0.1, 0.15) is 5.82 Å². The third kappa shape index (κ3) is 3.93. The monoisotopic (exact) mass is 420 g/mol. The van der Waals surface area contributed by atoms with Crippen LogP contribution in [0.15, 0.2) is 24.3 Å². The maximum Gasteiger partial charge on any atom is 0.257 e. The summed E-state index contributed by atoms with van der Waals surface area (Å²) in [5.41, 5.74) is 2.65. The van der Waals surface area contributed by atoms with Crippen molar-refractivity contribution in [2.75, 3.05) is 37.7 Å². The third-order valence-corrected chi connectivity index (χ3v) is 7.65. The highest BCUT2D eigenvalue weighted by Gasteiger charge is 2.35. The molecule has 2 aliphatic rings. The summed E-state index contributed by atoms with van der Waals surface area (Å²) in [5, 5.41) is 4.49. The highest BCUT2D eigenvalue weighted by atomic mass is 32.2. The molecule has 1 unspecified atom stereocenters. The van der Waals surface area contributed by atoms with Gasteiger partial charge >= 0.3 is 0 Å². The van der Waals surface area contributed by atoms with Crippen LogP contribution in [0.2, 0.25) is 0 Å². The van der Waals surface area contributed by atoms with E-state index in [1.165, 1.54) is 12.1 Å². The van der Waals surface area contributed by atoms with E-state index in [4.69, 9.17) is 0 Å². The first kappa shape index (κ1) is 20.0. The molecule has 29 heavy (non-hydrogen) atoms. The van der Waals surface area contributed by atoms with Crippen LogP contribution < -0.4 is 0 Å². The van der Waals surface area contributed by atoms with Gasteiger partial charge in [-0.25, -0.2) is 17.5 Å². The molecule has 0 N–H and O–H groups in total. The van der Waals surface area contributed by atoms with Crippen molar-refractivity contribution in [2.45, 2.75) is 26.3 Å². The smallest absolute Gasteiger partial charge is 0.257 e. The molecule has 1 amide bonds. The molecule has 0 bridgehead atoms. The van der Waals surface area contributed by atoms with Gasteiger partial charge in [0, 0.05) is 32.2 Å². The molecule has 1 aromatic carbocycles. The van der Waals surface area contributed by atoms with E-state index in [1.54, 1.807) is 23.7 Å². The number of piperazine rings is 1. The summed E-state index contributed by atoms with van der Waals surface area (Å²) in [5.74, 6) is 0.105. The first-order chi connectivity index (χ1) is 13.7. The molecule has 0 saturated carbocycles. The van der Waals surface area contributed by atoms with Gasteiger partial charge in [-0.1, -0.05) is 0 Å². The summed E-state index contributed by atoms with van der Waals surface area (Å²) in [4.78, 5) is 17.2. The van der Waals surface area contributed by atoms with Crippen LogP contribution in [0.25, 0.3) is 5.69 Å². The molecule has 0 radical (unpaired) electrons. The topological polar surface area (TPSA) is 75.5 Å². The van der Waals surface area contributed by atoms with E-state index < -0.39 is 9.84 Å². The molecule has 0 spiro atoms. The van der Waals surface area contributed by atoms with Crippen molar-refractivity contribution < 1.29 is 17.6 Å². The average molecular weight is 421 g/mol. The Morgan fingerprint density at radius 2 is 1.76 bits per heavy atom. The van der Waals surface area contributed by atoms with Gasteiger partial charge in [0.25, 0.3) is 5.91 Å². The predicted molar refractivity (Wildman–Crippen MR) is 108 cm³/mol. The number of amides is 1. The zero-order valence-electron chi connectivity index (χ0n) is 16.6. The second-order valence-electron chi connectivity index (χ2n) is 7.82. The molecule has 2 fully saturated rings. The molecule has 9 heteroatoms. The lowest BCUT2D eigenvalue weighted by Gasteiger charge is -2.37. The Morgan fingerprint density at radius 3 is 2.34 bits per heavy atom. The summed E-state index contributed by atoms with van der Waals surface area (Å²) in [7, 11) is -2.91. The summed E-state index contributed by atoms with van der Waals surface area (Å²) >= 11 is 0. The molecule has 1 atom stereocenters. The lowest BCUT2D eigenvalue weighted by atomic mass is 10.1.